The first kappa shape index (κ1) is 15.3. The standard InChI is InChI=1S/C14H27NO3S/c1-10-8-12-4-3-5-13(9-12)14(10)15-7-6-11(2)19(16,17)18/h10-15H,3-9H2,1-2H3,(H,16,17,18)/t10-,11?,12+,13?,14?/m0/s1. The van der Waals surface area contributed by atoms with Crippen LogP contribution in [0.3, 0.4) is 0 Å². The van der Waals surface area contributed by atoms with E-state index in [1.54, 1.807) is 6.92 Å². The maximum atomic E-state index is 11.0. The molecule has 2 rings (SSSR count). The van der Waals surface area contributed by atoms with Crippen LogP contribution in [-0.4, -0.2) is 30.8 Å². The Labute approximate surface area is 117 Å². The predicted molar refractivity (Wildman–Crippen MR) is 76.6 cm³/mol. The van der Waals surface area contributed by atoms with Gasteiger partial charge in [-0.25, -0.2) is 0 Å². The van der Waals surface area contributed by atoms with Crippen LogP contribution in [0.1, 0.15) is 52.4 Å². The molecule has 0 heterocycles. The van der Waals surface area contributed by atoms with Gasteiger partial charge in [0.05, 0.1) is 5.25 Å². The predicted octanol–water partition coefficient (Wildman–Crippen LogP) is 2.46. The number of hydrogen-bond donors (Lipinski definition) is 2. The highest BCUT2D eigenvalue weighted by atomic mass is 32.2. The first-order valence-corrected chi connectivity index (χ1v) is 9.08. The topological polar surface area (TPSA) is 66.4 Å². The van der Waals surface area contributed by atoms with E-state index >= 15 is 0 Å². The van der Waals surface area contributed by atoms with Gasteiger partial charge in [-0.3, -0.25) is 4.55 Å². The third-order valence-corrected chi connectivity index (χ3v) is 6.34. The van der Waals surface area contributed by atoms with E-state index in [0.717, 1.165) is 11.8 Å². The van der Waals surface area contributed by atoms with Crippen LogP contribution < -0.4 is 5.32 Å². The van der Waals surface area contributed by atoms with Crippen LogP contribution in [0, 0.1) is 17.8 Å². The Hall–Kier alpha value is -0.130. The van der Waals surface area contributed by atoms with E-state index < -0.39 is 15.4 Å². The Balaban J connectivity index is 1.81. The zero-order valence-corrected chi connectivity index (χ0v) is 12.8. The lowest BCUT2D eigenvalue weighted by atomic mass is 9.65. The molecule has 2 aliphatic rings. The monoisotopic (exact) mass is 289 g/mol. The van der Waals surface area contributed by atoms with Crippen molar-refractivity contribution < 1.29 is 13.0 Å². The fourth-order valence-electron chi connectivity index (χ4n) is 3.98. The molecule has 0 aliphatic heterocycles. The van der Waals surface area contributed by atoms with Crippen molar-refractivity contribution in [1.29, 1.82) is 0 Å². The zero-order valence-electron chi connectivity index (χ0n) is 12.0. The molecule has 19 heavy (non-hydrogen) atoms. The van der Waals surface area contributed by atoms with Gasteiger partial charge in [-0.1, -0.05) is 19.8 Å². The van der Waals surface area contributed by atoms with E-state index in [1.165, 1.54) is 32.1 Å². The fourth-order valence-corrected chi connectivity index (χ4v) is 4.40. The Morgan fingerprint density at radius 2 is 2.05 bits per heavy atom. The third kappa shape index (κ3) is 3.92. The molecule has 2 aliphatic carbocycles. The second kappa shape index (κ2) is 6.10. The summed E-state index contributed by atoms with van der Waals surface area (Å²) in [6.45, 7) is 4.56. The summed E-state index contributed by atoms with van der Waals surface area (Å²) < 4.78 is 30.9. The lowest BCUT2D eigenvalue weighted by Gasteiger charge is -2.44. The van der Waals surface area contributed by atoms with Crippen molar-refractivity contribution in [2.75, 3.05) is 6.54 Å². The summed E-state index contributed by atoms with van der Waals surface area (Å²) in [5.41, 5.74) is 0. The van der Waals surface area contributed by atoms with Crippen molar-refractivity contribution in [1.82, 2.24) is 5.32 Å². The van der Waals surface area contributed by atoms with E-state index in [9.17, 15) is 8.42 Å². The second-order valence-electron chi connectivity index (χ2n) is 6.60. The molecule has 2 N–H and O–H groups in total. The molecule has 112 valence electrons. The average molecular weight is 289 g/mol. The fraction of sp³-hybridized carbons (Fsp3) is 1.00. The molecule has 0 aromatic heterocycles. The number of fused-ring (bicyclic) bond motifs is 2. The number of nitrogens with one attached hydrogen (secondary N) is 1. The van der Waals surface area contributed by atoms with Crippen LogP contribution in [0.5, 0.6) is 0 Å². The van der Waals surface area contributed by atoms with Crippen LogP contribution >= 0.6 is 0 Å². The van der Waals surface area contributed by atoms with E-state index in [1.807, 2.05) is 0 Å². The molecule has 5 heteroatoms. The van der Waals surface area contributed by atoms with Crippen molar-refractivity contribution in [2.24, 2.45) is 17.8 Å². The summed E-state index contributed by atoms with van der Waals surface area (Å²) >= 11 is 0. The van der Waals surface area contributed by atoms with E-state index in [0.29, 0.717) is 24.9 Å². The second-order valence-corrected chi connectivity index (χ2v) is 8.43. The molecule has 2 bridgehead atoms. The minimum absolute atomic E-state index is 0.484. The Kier molecular flexibility index (Phi) is 4.90. The summed E-state index contributed by atoms with van der Waals surface area (Å²) in [4.78, 5) is 0. The highest BCUT2D eigenvalue weighted by molar-refractivity contribution is 7.86. The Bertz CT molecular complexity index is 393. The van der Waals surface area contributed by atoms with Gasteiger partial charge >= 0.3 is 0 Å². The minimum Gasteiger partial charge on any atom is -0.313 e. The number of hydrogen-bond acceptors (Lipinski definition) is 3. The van der Waals surface area contributed by atoms with Gasteiger partial charge < -0.3 is 5.32 Å². The molecule has 2 saturated carbocycles. The largest absolute Gasteiger partial charge is 0.313 e. The Morgan fingerprint density at radius 1 is 1.32 bits per heavy atom. The maximum Gasteiger partial charge on any atom is 0.267 e. The SMILES string of the molecule is CC(CCNC1C2CCC[C@@H](C2)C[C@@H]1C)S(=O)(=O)O. The molecule has 0 amide bonds. The summed E-state index contributed by atoms with van der Waals surface area (Å²) in [6.07, 6.45) is 7.19. The first-order valence-electron chi connectivity index (χ1n) is 7.57. The average Bonchev–Trinajstić information content (AvgIpc) is 2.32. The van der Waals surface area contributed by atoms with Crippen molar-refractivity contribution in [3.63, 3.8) is 0 Å². The quantitative estimate of drug-likeness (QED) is 0.763. The molecule has 0 spiro atoms. The van der Waals surface area contributed by atoms with Gasteiger partial charge in [0.15, 0.2) is 0 Å². The molecule has 2 fully saturated rings. The van der Waals surface area contributed by atoms with Gasteiger partial charge in [0.1, 0.15) is 0 Å². The molecule has 5 atom stereocenters. The van der Waals surface area contributed by atoms with Crippen molar-refractivity contribution >= 4 is 10.1 Å². The van der Waals surface area contributed by atoms with Crippen LogP contribution in [0.15, 0.2) is 0 Å². The highest BCUT2D eigenvalue weighted by Gasteiger charge is 2.37. The van der Waals surface area contributed by atoms with E-state index in [2.05, 4.69) is 12.2 Å². The van der Waals surface area contributed by atoms with Crippen molar-refractivity contribution in [2.45, 2.75) is 63.7 Å². The number of rotatable bonds is 5. The van der Waals surface area contributed by atoms with Crippen LogP contribution in [-0.2, 0) is 10.1 Å². The van der Waals surface area contributed by atoms with Gasteiger partial charge in [0.2, 0.25) is 0 Å². The van der Waals surface area contributed by atoms with Gasteiger partial charge in [-0.2, -0.15) is 8.42 Å². The molecular formula is C14H27NO3S. The van der Waals surface area contributed by atoms with Gasteiger partial charge in [-0.05, 0) is 56.9 Å². The summed E-state index contributed by atoms with van der Waals surface area (Å²) in [5, 5.41) is 2.89. The lowest BCUT2D eigenvalue weighted by molar-refractivity contribution is 0.0972. The van der Waals surface area contributed by atoms with Gasteiger partial charge in [0.25, 0.3) is 10.1 Å². The van der Waals surface area contributed by atoms with Crippen molar-refractivity contribution in [3.05, 3.63) is 0 Å². The molecule has 0 aromatic carbocycles. The lowest BCUT2D eigenvalue weighted by Crippen LogP contribution is -2.48. The minimum atomic E-state index is -3.88. The molecule has 4 nitrogen and oxygen atoms in total. The summed E-state index contributed by atoms with van der Waals surface area (Å²) in [7, 11) is -3.88. The maximum absolute atomic E-state index is 11.0. The van der Waals surface area contributed by atoms with Gasteiger partial charge in [-0.15, -0.1) is 0 Å². The van der Waals surface area contributed by atoms with Gasteiger partial charge in [0, 0.05) is 6.04 Å². The third-order valence-electron chi connectivity index (χ3n) is 5.09. The van der Waals surface area contributed by atoms with Crippen LogP contribution in [0.25, 0.3) is 0 Å². The normalized spacial score (nSPS) is 37.0. The van der Waals surface area contributed by atoms with Crippen molar-refractivity contribution in [3.8, 4) is 0 Å². The molecule has 0 radical (unpaired) electrons. The van der Waals surface area contributed by atoms with E-state index in [-0.39, 0.29) is 0 Å². The zero-order chi connectivity index (χ0) is 14.0. The molecular weight excluding hydrogens is 262 g/mol. The molecule has 0 saturated heterocycles. The first-order chi connectivity index (χ1) is 8.88. The summed E-state index contributed by atoms with van der Waals surface area (Å²) in [6, 6.07) is 0.533. The Morgan fingerprint density at radius 3 is 2.74 bits per heavy atom. The molecule has 0 aromatic rings. The van der Waals surface area contributed by atoms with Crippen LogP contribution in [0.2, 0.25) is 0 Å². The smallest absolute Gasteiger partial charge is 0.267 e. The van der Waals surface area contributed by atoms with Crippen LogP contribution in [0.4, 0.5) is 0 Å². The van der Waals surface area contributed by atoms with E-state index in [4.69, 9.17) is 4.55 Å². The summed E-state index contributed by atoms with van der Waals surface area (Å²) in [5.74, 6) is 2.37. The highest BCUT2D eigenvalue weighted by Crippen LogP contribution is 2.42. The molecule has 3 unspecified atom stereocenters.